The van der Waals surface area contributed by atoms with Crippen LogP contribution < -0.4 is 14.8 Å². The van der Waals surface area contributed by atoms with Gasteiger partial charge in [-0.05, 0) is 37.0 Å². The Morgan fingerprint density at radius 3 is 2.95 bits per heavy atom. The quantitative estimate of drug-likeness (QED) is 0.742. The minimum Gasteiger partial charge on any atom is -0.493 e. The van der Waals surface area contributed by atoms with Crippen LogP contribution in [0.2, 0.25) is 0 Å². The van der Waals surface area contributed by atoms with Gasteiger partial charge < -0.3 is 19.5 Å². The van der Waals surface area contributed by atoms with Crippen molar-refractivity contribution in [1.82, 2.24) is 5.32 Å². The van der Waals surface area contributed by atoms with Crippen molar-refractivity contribution in [3.63, 3.8) is 0 Å². The topological polar surface area (TPSA) is 39.7 Å². The molecule has 2 rings (SSSR count). The second-order valence-electron chi connectivity index (χ2n) is 5.03. The molecule has 1 atom stereocenters. The van der Waals surface area contributed by atoms with E-state index in [4.69, 9.17) is 14.2 Å². The van der Waals surface area contributed by atoms with Crippen molar-refractivity contribution < 1.29 is 14.2 Å². The highest BCUT2D eigenvalue weighted by Crippen LogP contribution is 2.28. The van der Waals surface area contributed by atoms with Gasteiger partial charge in [-0.2, -0.15) is 0 Å². The summed E-state index contributed by atoms with van der Waals surface area (Å²) >= 11 is 0. The van der Waals surface area contributed by atoms with Crippen LogP contribution >= 0.6 is 0 Å². The fraction of sp³-hybridized carbons (Fsp3) is 0.625. The number of benzene rings is 1. The second-order valence-corrected chi connectivity index (χ2v) is 5.03. The van der Waals surface area contributed by atoms with Gasteiger partial charge in [-0.1, -0.05) is 13.0 Å². The predicted molar refractivity (Wildman–Crippen MR) is 79.7 cm³/mol. The summed E-state index contributed by atoms with van der Waals surface area (Å²) in [6.07, 6.45) is 3.73. The third-order valence-corrected chi connectivity index (χ3v) is 3.57. The number of aryl methyl sites for hydroxylation is 1. The number of nitrogens with one attached hydrogen (secondary N) is 1. The third kappa shape index (κ3) is 4.39. The van der Waals surface area contributed by atoms with Crippen LogP contribution in [-0.2, 0) is 11.2 Å². The van der Waals surface area contributed by atoms with Gasteiger partial charge in [0.15, 0.2) is 11.5 Å². The van der Waals surface area contributed by atoms with Crippen LogP contribution in [-0.4, -0.2) is 39.5 Å². The van der Waals surface area contributed by atoms with Gasteiger partial charge in [-0.15, -0.1) is 0 Å². The van der Waals surface area contributed by atoms with E-state index in [1.165, 1.54) is 18.4 Å². The molecule has 0 bridgehead atoms. The maximum Gasteiger partial charge on any atom is 0.161 e. The lowest BCUT2D eigenvalue weighted by Crippen LogP contribution is -2.29. The molecular weight excluding hydrogens is 254 g/mol. The Bertz CT molecular complexity index is 403. The van der Waals surface area contributed by atoms with Gasteiger partial charge in [0.2, 0.25) is 0 Å². The molecule has 0 aromatic heterocycles. The first-order valence-corrected chi connectivity index (χ1v) is 7.45. The van der Waals surface area contributed by atoms with Crippen molar-refractivity contribution in [3.05, 3.63) is 23.8 Å². The summed E-state index contributed by atoms with van der Waals surface area (Å²) in [5.74, 6) is 1.62. The maximum atomic E-state index is 5.76. The Morgan fingerprint density at radius 1 is 1.35 bits per heavy atom. The molecule has 0 saturated carbocycles. The SMILES string of the molecule is CCc1ccc(OCCNCC2CCCO2)c(OC)c1. The molecule has 0 aliphatic carbocycles. The molecule has 1 unspecified atom stereocenters. The Balaban J connectivity index is 1.70. The summed E-state index contributed by atoms with van der Waals surface area (Å²) in [5, 5.41) is 3.37. The van der Waals surface area contributed by atoms with E-state index in [1.807, 2.05) is 12.1 Å². The van der Waals surface area contributed by atoms with Gasteiger partial charge in [0.05, 0.1) is 13.2 Å². The summed E-state index contributed by atoms with van der Waals surface area (Å²) in [6, 6.07) is 6.10. The highest BCUT2D eigenvalue weighted by Gasteiger charge is 2.14. The lowest BCUT2D eigenvalue weighted by Gasteiger charge is -2.13. The molecule has 1 N–H and O–H groups in total. The average Bonchev–Trinajstić information content (AvgIpc) is 3.00. The van der Waals surface area contributed by atoms with E-state index in [0.29, 0.717) is 12.7 Å². The van der Waals surface area contributed by atoms with E-state index in [9.17, 15) is 0 Å². The lowest BCUT2D eigenvalue weighted by molar-refractivity contribution is 0.109. The zero-order chi connectivity index (χ0) is 14.2. The first-order chi connectivity index (χ1) is 9.83. The molecule has 0 spiro atoms. The van der Waals surface area contributed by atoms with E-state index in [0.717, 1.165) is 37.6 Å². The second kappa shape index (κ2) is 8.12. The molecule has 0 amide bonds. The fourth-order valence-electron chi connectivity index (χ4n) is 2.35. The molecule has 1 aromatic carbocycles. The van der Waals surface area contributed by atoms with Crippen LogP contribution in [0, 0.1) is 0 Å². The summed E-state index contributed by atoms with van der Waals surface area (Å²) in [6.45, 7) is 5.40. The van der Waals surface area contributed by atoms with Crippen LogP contribution in [0.1, 0.15) is 25.3 Å². The molecule has 1 heterocycles. The molecule has 1 aliphatic rings. The van der Waals surface area contributed by atoms with Gasteiger partial charge in [-0.25, -0.2) is 0 Å². The molecule has 1 aliphatic heterocycles. The minimum absolute atomic E-state index is 0.383. The Kier molecular flexibility index (Phi) is 6.15. The Morgan fingerprint density at radius 2 is 2.25 bits per heavy atom. The van der Waals surface area contributed by atoms with Crippen molar-refractivity contribution in [2.75, 3.05) is 33.4 Å². The normalized spacial score (nSPS) is 18.2. The summed E-state index contributed by atoms with van der Waals surface area (Å²) in [7, 11) is 1.68. The minimum atomic E-state index is 0.383. The molecular formula is C16H25NO3. The van der Waals surface area contributed by atoms with E-state index >= 15 is 0 Å². The first kappa shape index (κ1) is 15.1. The van der Waals surface area contributed by atoms with E-state index in [-0.39, 0.29) is 0 Å². The van der Waals surface area contributed by atoms with E-state index in [1.54, 1.807) is 7.11 Å². The van der Waals surface area contributed by atoms with Crippen molar-refractivity contribution in [2.24, 2.45) is 0 Å². The summed E-state index contributed by atoms with van der Waals surface area (Å²) in [4.78, 5) is 0. The molecule has 4 heteroatoms. The largest absolute Gasteiger partial charge is 0.493 e. The number of hydrogen-bond acceptors (Lipinski definition) is 4. The first-order valence-electron chi connectivity index (χ1n) is 7.45. The summed E-state index contributed by atoms with van der Waals surface area (Å²) < 4.78 is 16.7. The van der Waals surface area contributed by atoms with Crippen LogP contribution in [0.25, 0.3) is 0 Å². The zero-order valence-corrected chi connectivity index (χ0v) is 12.5. The number of hydrogen-bond donors (Lipinski definition) is 1. The van der Waals surface area contributed by atoms with Crippen LogP contribution in [0.15, 0.2) is 18.2 Å². The monoisotopic (exact) mass is 279 g/mol. The summed E-state index contributed by atoms with van der Waals surface area (Å²) in [5.41, 5.74) is 1.26. The van der Waals surface area contributed by atoms with E-state index in [2.05, 4.69) is 18.3 Å². The van der Waals surface area contributed by atoms with Gasteiger partial charge >= 0.3 is 0 Å². The molecule has 1 fully saturated rings. The Hall–Kier alpha value is -1.26. The number of methoxy groups -OCH3 is 1. The van der Waals surface area contributed by atoms with Gasteiger partial charge in [-0.3, -0.25) is 0 Å². The molecule has 112 valence electrons. The standard InChI is InChI=1S/C16H25NO3/c1-3-13-6-7-15(16(11-13)18-2)20-10-8-17-12-14-5-4-9-19-14/h6-7,11,14,17H,3-5,8-10,12H2,1-2H3. The molecule has 0 radical (unpaired) electrons. The maximum absolute atomic E-state index is 5.76. The van der Waals surface area contributed by atoms with Crippen LogP contribution in [0.4, 0.5) is 0 Å². The molecule has 1 saturated heterocycles. The molecule has 4 nitrogen and oxygen atoms in total. The lowest BCUT2D eigenvalue weighted by atomic mass is 10.1. The van der Waals surface area contributed by atoms with Crippen LogP contribution in [0.3, 0.4) is 0 Å². The Labute approximate surface area is 121 Å². The fourth-order valence-corrected chi connectivity index (χ4v) is 2.35. The van der Waals surface area contributed by atoms with Crippen molar-refractivity contribution in [1.29, 1.82) is 0 Å². The zero-order valence-electron chi connectivity index (χ0n) is 12.5. The van der Waals surface area contributed by atoms with Crippen molar-refractivity contribution >= 4 is 0 Å². The average molecular weight is 279 g/mol. The van der Waals surface area contributed by atoms with Crippen molar-refractivity contribution in [2.45, 2.75) is 32.3 Å². The number of rotatable bonds is 8. The third-order valence-electron chi connectivity index (χ3n) is 3.57. The highest BCUT2D eigenvalue weighted by atomic mass is 16.5. The van der Waals surface area contributed by atoms with E-state index < -0.39 is 0 Å². The van der Waals surface area contributed by atoms with Gasteiger partial charge in [0.25, 0.3) is 0 Å². The smallest absolute Gasteiger partial charge is 0.161 e. The number of ether oxygens (including phenoxy) is 3. The molecule has 20 heavy (non-hydrogen) atoms. The van der Waals surface area contributed by atoms with Gasteiger partial charge in [0, 0.05) is 19.7 Å². The van der Waals surface area contributed by atoms with Gasteiger partial charge in [0.1, 0.15) is 6.61 Å². The van der Waals surface area contributed by atoms with Crippen LogP contribution in [0.5, 0.6) is 11.5 Å². The molecule has 1 aromatic rings. The highest BCUT2D eigenvalue weighted by molar-refractivity contribution is 5.42. The van der Waals surface area contributed by atoms with Crippen molar-refractivity contribution in [3.8, 4) is 11.5 Å². The predicted octanol–water partition coefficient (Wildman–Crippen LogP) is 2.41.